The van der Waals surface area contributed by atoms with E-state index in [1.165, 1.54) is 0 Å². The molecule has 2 rings (SSSR count). The SMILES string of the molecule is CCn1cc(CCO)c2cc(O)ccc21. The molecule has 0 aliphatic heterocycles. The molecule has 3 heteroatoms. The lowest BCUT2D eigenvalue weighted by Gasteiger charge is -1.99. The fraction of sp³-hybridized carbons (Fsp3) is 0.333. The number of nitrogens with zero attached hydrogens (tertiary/aromatic N) is 1. The Morgan fingerprint density at radius 2 is 2.13 bits per heavy atom. The first kappa shape index (κ1) is 10.1. The second-order valence-corrected chi connectivity index (χ2v) is 3.62. The van der Waals surface area contributed by atoms with Crippen molar-refractivity contribution >= 4 is 10.9 Å². The smallest absolute Gasteiger partial charge is 0.116 e. The van der Waals surface area contributed by atoms with E-state index in [0.717, 1.165) is 23.0 Å². The zero-order valence-corrected chi connectivity index (χ0v) is 8.77. The minimum absolute atomic E-state index is 0.137. The number of aliphatic hydroxyl groups excluding tert-OH is 1. The number of rotatable bonds is 3. The van der Waals surface area contributed by atoms with Crippen molar-refractivity contribution in [3.8, 4) is 5.75 Å². The summed E-state index contributed by atoms with van der Waals surface area (Å²) in [6, 6.07) is 5.36. The van der Waals surface area contributed by atoms with Crippen LogP contribution in [0.1, 0.15) is 12.5 Å². The molecule has 0 bridgehead atoms. The molecule has 0 aliphatic rings. The van der Waals surface area contributed by atoms with Gasteiger partial charge < -0.3 is 14.8 Å². The number of benzene rings is 1. The molecule has 1 heterocycles. The highest BCUT2D eigenvalue weighted by molar-refractivity contribution is 5.85. The first-order valence-electron chi connectivity index (χ1n) is 5.18. The van der Waals surface area contributed by atoms with Crippen LogP contribution in [-0.2, 0) is 13.0 Å². The van der Waals surface area contributed by atoms with Gasteiger partial charge in [0.2, 0.25) is 0 Å². The fourth-order valence-corrected chi connectivity index (χ4v) is 1.94. The second kappa shape index (κ2) is 3.95. The van der Waals surface area contributed by atoms with Gasteiger partial charge in [-0.1, -0.05) is 0 Å². The van der Waals surface area contributed by atoms with Crippen LogP contribution in [-0.4, -0.2) is 21.4 Å². The van der Waals surface area contributed by atoms with Gasteiger partial charge in [0.25, 0.3) is 0 Å². The highest BCUT2D eigenvalue weighted by Crippen LogP contribution is 2.25. The Kier molecular flexibility index (Phi) is 2.64. The summed E-state index contributed by atoms with van der Waals surface area (Å²) in [6.45, 7) is 3.11. The van der Waals surface area contributed by atoms with E-state index >= 15 is 0 Å². The quantitative estimate of drug-likeness (QED) is 0.803. The first-order valence-corrected chi connectivity index (χ1v) is 5.18. The van der Waals surface area contributed by atoms with E-state index in [1.54, 1.807) is 12.1 Å². The molecule has 0 atom stereocenters. The van der Waals surface area contributed by atoms with Gasteiger partial charge in [-0.2, -0.15) is 0 Å². The van der Waals surface area contributed by atoms with Crippen molar-refractivity contribution in [1.82, 2.24) is 4.57 Å². The summed E-state index contributed by atoms with van der Waals surface area (Å²) in [5.41, 5.74) is 2.20. The van der Waals surface area contributed by atoms with Crippen molar-refractivity contribution in [3.63, 3.8) is 0 Å². The molecule has 2 N–H and O–H groups in total. The maximum absolute atomic E-state index is 9.43. The zero-order chi connectivity index (χ0) is 10.8. The van der Waals surface area contributed by atoms with Crippen LogP contribution in [0.3, 0.4) is 0 Å². The van der Waals surface area contributed by atoms with Crippen LogP contribution >= 0.6 is 0 Å². The summed E-state index contributed by atoms with van der Waals surface area (Å²) in [6.07, 6.45) is 2.67. The molecular formula is C12H15NO2. The maximum Gasteiger partial charge on any atom is 0.116 e. The minimum atomic E-state index is 0.137. The molecule has 1 aromatic carbocycles. The van der Waals surface area contributed by atoms with Crippen molar-refractivity contribution in [2.24, 2.45) is 0 Å². The second-order valence-electron chi connectivity index (χ2n) is 3.62. The number of phenolic OH excluding ortho intramolecular Hbond substituents is 1. The molecule has 0 amide bonds. The lowest BCUT2D eigenvalue weighted by molar-refractivity contribution is 0.300. The molecule has 2 aromatic rings. The average Bonchev–Trinajstić information content (AvgIpc) is 2.57. The number of aliphatic hydroxyl groups is 1. The summed E-state index contributed by atoms with van der Waals surface area (Å²) in [4.78, 5) is 0. The maximum atomic E-state index is 9.43. The van der Waals surface area contributed by atoms with Crippen molar-refractivity contribution in [2.45, 2.75) is 19.9 Å². The minimum Gasteiger partial charge on any atom is -0.508 e. The third-order valence-corrected chi connectivity index (χ3v) is 2.67. The monoisotopic (exact) mass is 205 g/mol. The Morgan fingerprint density at radius 1 is 1.33 bits per heavy atom. The van der Waals surface area contributed by atoms with E-state index < -0.39 is 0 Å². The number of aromatic nitrogens is 1. The van der Waals surface area contributed by atoms with Crippen molar-refractivity contribution in [1.29, 1.82) is 0 Å². The van der Waals surface area contributed by atoms with Gasteiger partial charge in [-0.3, -0.25) is 0 Å². The molecule has 15 heavy (non-hydrogen) atoms. The lowest BCUT2D eigenvalue weighted by atomic mass is 10.1. The topological polar surface area (TPSA) is 45.4 Å². The van der Waals surface area contributed by atoms with Gasteiger partial charge >= 0.3 is 0 Å². The van der Waals surface area contributed by atoms with E-state index in [0.29, 0.717) is 6.42 Å². The van der Waals surface area contributed by atoms with E-state index in [-0.39, 0.29) is 12.4 Å². The number of hydrogen-bond donors (Lipinski definition) is 2. The normalized spacial score (nSPS) is 11.1. The molecule has 0 fully saturated rings. The molecule has 0 unspecified atom stereocenters. The van der Waals surface area contributed by atoms with Gasteiger partial charge in [-0.15, -0.1) is 0 Å². The van der Waals surface area contributed by atoms with E-state index in [4.69, 9.17) is 5.11 Å². The predicted octanol–water partition coefficient (Wildman–Crippen LogP) is 1.90. The van der Waals surface area contributed by atoms with Crippen LogP contribution in [0.5, 0.6) is 5.75 Å². The van der Waals surface area contributed by atoms with Crippen molar-refractivity contribution < 1.29 is 10.2 Å². The third kappa shape index (κ3) is 1.70. The number of aromatic hydroxyl groups is 1. The third-order valence-electron chi connectivity index (χ3n) is 2.67. The van der Waals surface area contributed by atoms with Crippen molar-refractivity contribution in [2.75, 3.05) is 6.61 Å². The predicted molar refractivity (Wildman–Crippen MR) is 60.1 cm³/mol. The molecule has 1 aromatic heterocycles. The number of fused-ring (bicyclic) bond motifs is 1. The van der Waals surface area contributed by atoms with E-state index in [1.807, 2.05) is 12.3 Å². The summed E-state index contributed by atoms with van der Waals surface area (Å²) in [5.74, 6) is 0.274. The average molecular weight is 205 g/mol. The fourth-order valence-electron chi connectivity index (χ4n) is 1.94. The standard InChI is InChI=1S/C12H15NO2/c1-2-13-8-9(5-6-14)11-7-10(15)3-4-12(11)13/h3-4,7-8,14-15H,2,5-6H2,1H3. The summed E-state index contributed by atoms with van der Waals surface area (Å²) in [7, 11) is 0. The Morgan fingerprint density at radius 3 is 2.80 bits per heavy atom. The number of hydrogen-bond acceptors (Lipinski definition) is 2. The number of phenols is 1. The summed E-state index contributed by atoms with van der Waals surface area (Å²) in [5, 5.41) is 19.4. The molecular weight excluding hydrogens is 190 g/mol. The van der Waals surface area contributed by atoms with Gasteiger partial charge in [-0.05, 0) is 37.1 Å². The Labute approximate surface area is 88.6 Å². The van der Waals surface area contributed by atoms with Gasteiger partial charge in [0.05, 0.1) is 0 Å². The van der Waals surface area contributed by atoms with E-state index in [9.17, 15) is 5.11 Å². The van der Waals surface area contributed by atoms with Gasteiger partial charge in [0, 0.05) is 30.3 Å². The first-order chi connectivity index (χ1) is 7.26. The largest absolute Gasteiger partial charge is 0.508 e. The van der Waals surface area contributed by atoms with Gasteiger partial charge in [-0.25, -0.2) is 0 Å². The summed E-state index contributed by atoms with van der Waals surface area (Å²) < 4.78 is 2.12. The lowest BCUT2D eigenvalue weighted by Crippen LogP contribution is -1.91. The summed E-state index contributed by atoms with van der Waals surface area (Å²) >= 11 is 0. The van der Waals surface area contributed by atoms with Gasteiger partial charge in [0.1, 0.15) is 5.75 Å². The Bertz CT molecular complexity index is 474. The molecule has 0 spiro atoms. The highest BCUT2D eigenvalue weighted by Gasteiger charge is 2.07. The Hall–Kier alpha value is -1.48. The highest BCUT2D eigenvalue weighted by atomic mass is 16.3. The van der Waals surface area contributed by atoms with Crippen LogP contribution in [0.2, 0.25) is 0 Å². The molecule has 0 saturated carbocycles. The molecule has 80 valence electrons. The van der Waals surface area contributed by atoms with Crippen molar-refractivity contribution in [3.05, 3.63) is 30.0 Å². The molecule has 3 nitrogen and oxygen atoms in total. The molecule has 0 saturated heterocycles. The van der Waals surface area contributed by atoms with Crippen LogP contribution < -0.4 is 0 Å². The van der Waals surface area contributed by atoms with Crippen LogP contribution in [0.15, 0.2) is 24.4 Å². The molecule has 0 aliphatic carbocycles. The molecule has 0 radical (unpaired) electrons. The zero-order valence-electron chi connectivity index (χ0n) is 8.77. The van der Waals surface area contributed by atoms with E-state index in [2.05, 4.69) is 11.5 Å². The van der Waals surface area contributed by atoms with Crippen LogP contribution in [0, 0.1) is 0 Å². The van der Waals surface area contributed by atoms with Gasteiger partial charge in [0.15, 0.2) is 0 Å². The Balaban J connectivity index is 2.64. The van der Waals surface area contributed by atoms with Crippen LogP contribution in [0.25, 0.3) is 10.9 Å². The number of aryl methyl sites for hydroxylation is 1. The van der Waals surface area contributed by atoms with Crippen LogP contribution in [0.4, 0.5) is 0 Å².